The highest BCUT2D eigenvalue weighted by Crippen LogP contribution is 2.18. The van der Waals surface area contributed by atoms with Gasteiger partial charge in [-0.05, 0) is 24.6 Å². The summed E-state index contributed by atoms with van der Waals surface area (Å²) in [5.74, 6) is -0.464. The highest BCUT2D eigenvalue weighted by atomic mass is 32.2. The van der Waals surface area contributed by atoms with E-state index in [9.17, 15) is 13.2 Å². The SMILES string of the molecule is CC(=O)OC(CNS(=O)(=O)c1ccc(C)cc1)c1ccccc1. The summed E-state index contributed by atoms with van der Waals surface area (Å²) >= 11 is 0. The first-order chi connectivity index (χ1) is 10.9. The number of carbonyl (C=O) groups excluding carboxylic acids is 1. The van der Waals surface area contributed by atoms with Gasteiger partial charge in [0.2, 0.25) is 10.0 Å². The molecule has 0 amide bonds. The molecule has 0 heterocycles. The van der Waals surface area contributed by atoms with Crippen molar-refractivity contribution in [2.75, 3.05) is 6.54 Å². The average molecular weight is 333 g/mol. The van der Waals surface area contributed by atoms with Gasteiger partial charge < -0.3 is 4.74 Å². The normalized spacial score (nSPS) is 12.6. The second-order valence-electron chi connectivity index (χ2n) is 5.17. The van der Waals surface area contributed by atoms with Gasteiger partial charge in [0, 0.05) is 6.92 Å². The van der Waals surface area contributed by atoms with Crippen LogP contribution >= 0.6 is 0 Å². The van der Waals surface area contributed by atoms with Gasteiger partial charge in [0.15, 0.2) is 0 Å². The maximum atomic E-state index is 12.3. The molecule has 0 bridgehead atoms. The van der Waals surface area contributed by atoms with Crippen molar-refractivity contribution >= 4 is 16.0 Å². The lowest BCUT2D eigenvalue weighted by Crippen LogP contribution is -2.30. The van der Waals surface area contributed by atoms with E-state index in [0.29, 0.717) is 0 Å². The van der Waals surface area contributed by atoms with Crippen molar-refractivity contribution in [1.82, 2.24) is 4.72 Å². The molecular formula is C17H19NO4S. The third-order valence-electron chi connectivity index (χ3n) is 3.27. The third kappa shape index (κ3) is 4.91. The smallest absolute Gasteiger partial charge is 0.303 e. The minimum atomic E-state index is -3.66. The van der Waals surface area contributed by atoms with Gasteiger partial charge in [-0.15, -0.1) is 0 Å². The van der Waals surface area contributed by atoms with Gasteiger partial charge in [0.1, 0.15) is 6.10 Å². The quantitative estimate of drug-likeness (QED) is 0.825. The zero-order valence-corrected chi connectivity index (χ0v) is 13.8. The molecule has 5 nitrogen and oxygen atoms in total. The molecule has 2 aromatic carbocycles. The van der Waals surface area contributed by atoms with Crippen LogP contribution in [0.1, 0.15) is 24.2 Å². The topological polar surface area (TPSA) is 72.5 Å². The number of carbonyl (C=O) groups is 1. The van der Waals surface area contributed by atoms with Gasteiger partial charge in [-0.2, -0.15) is 0 Å². The summed E-state index contributed by atoms with van der Waals surface area (Å²) in [6.45, 7) is 3.15. The Morgan fingerprint density at radius 2 is 1.70 bits per heavy atom. The van der Waals surface area contributed by atoms with Crippen LogP contribution in [0.4, 0.5) is 0 Å². The second kappa shape index (κ2) is 7.39. The van der Waals surface area contributed by atoms with Crippen LogP contribution in [0.5, 0.6) is 0 Å². The van der Waals surface area contributed by atoms with E-state index in [1.807, 2.05) is 13.0 Å². The van der Waals surface area contributed by atoms with Gasteiger partial charge >= 0.3 is 5.97 Å². The highest BCUT2D eigenvalue weighted by molar-refractivity contribution is 7.89. The van der Waals surface area contributed by atoms with E-state index in [0.717, 1.165) is 11.1 Å². The number of hydrogen-bond donors (Lipinski definition) is 1. The molecule has 2 rings (SSSR count). The maximum Gasteiger partial charge on any atom is 0.303 e. The molecule has 0 spiro atoms. The summed E-state index contributed by atoms with van der Waals surface area (Å²) in [6.07, 6.45) is -0.672. The molecule has 0 radical (unpaired) electrons. The van der Waals surface area contributed by atoms with Crippen LogP contribution in [-0.4, -0.2) is 20.9 Å². The van der Waals surface area contributed by atoms with Gasteiger partial charge in [-0.1, -0.05) is 48.0 Å². The number of nitrogens with one attached hydrogen (secondary N) is 1. The molecule has 0 aliphatic carbocycles. The molecule has 0 fully saturated rings. The monoisotopic (exact) mass is 333 g/mol. The Morgan fingerprint density at radius 3 is 2.26 bits per heavy atom. The molecule has 0 aromatic heterocycles. The fourth-order valence-electron chi connectivity index (χ4n) is 2.08. The third-order valence-corrected chi connectivity index (χ3v) is 4.71. The number of benzene rings is 2. The van der Waals surface area contributed by atoms with Crippen LogP contribution < -0.4 is 4.72 Å². The molecular weight excluding hydrogens is 314 g/mol. The number of sulfonamides is 1. The number of esters is 1. The average Bonchev–Trinajstić information content (AvgIpc) is 2.52. The molecule has 0 saturated carbocycles. The van der Waals surface area contributed by atoms with Gasteiger partial charge in [0.05, 0.1) is 11.4 Å². The zero-order valence-electron chi connectivity index (χ0n) is 13.0. The summed E-state index contributed by atoms with van der Waals surface area (Å²) < 4.78 is 32.3. The van der Waals surface area contributed by atoms with Crippen molar-refractivity contribution in [2.45, 2.75) is 24.8 Å². The van der Waals surface area contributed by atoms with Crippen LogP contribution in [0.25, 0.3) is 0 Å². The summed E-state index contributed by atoms with van der Waals surface area (Å²) in [6, 6.07) is 15.6. The first-order valence-corrected chi connectivity index (χ1v) is 8.65. The predicted molar refractivity (Wildman–Crippen MR) is 87.3 cm³/mol. The Labute approximate surface area is 136 Å². The largest absolute Gasteiger partial charge is 0.456 e. The van der Waals surface area contributed by atoms with Crippen molar-refractivity contribution in [3.63, 3.8) is 0 Å². The van der Waals surface area contributed by atoms with Gasteiger partial charge in [0.25, 0.3) is 0 Å². The Balaban J connectivity index is 2.14. The van der Waals surface area contributed by atoms with Gasteiger partial charge in [-0.3, -0.25) is 4.79 Å². The molecule has 0 aliphatic rings. The second-order valence-corrected chi connectivity index (χ2v) is 6.94. The molecule has 1 unspecified atom stereocenters. The highest BCUT2D eigenvalue weighted by Gasteiger charge is 2.20. The summed E-state index contributed by atoms with van der Waals surface area (Å²) in [5, 5.41) is 0. The Bertz CT molecular complexity index is 755. The lowest BCUT2D eigenvalue weighted by Gasteiger charge is -2.18. The van der Waals surface area contributed by atoms with Crippen LogP contribution in [0.15, 0.2) is 59.5 Å². The van der Waals surface area contributed by atoms with Crippen LogP contribution in [0.2, 0.25) is 0 Å². The molecule has 23 heavy (non-hydrogen) atoms. The number of aryl methyl sites for hydroxylation is 1. The standard InChI is InChI=1S/C17H19NO4S/c1-13-8-10-16(11-9-13)23(20,21)18-12-17(22-14(2)19)15-6-4-3-5-7-15/h3-11,17-18H,12H2,1-2H3. The minimum absolute atomic E-state index is 0.0280. The molecule has 1 atom stereocenters. The van der Waals surface area contributed by atoms with Crippen LogP contribution in [-0.2, 0) is 19.6 Å². The van der Waals surface area contributed by atoms with Crippen LogP contribution in [0, 0.1) is 6.92 Å². The molecule has 0 saturated heterocycles. The molecule has 0 aliphatic heterocycles. The zero-order chi connectivity index (χ0) is 16.9. The van der Waals surface area contributed by atoms with E-state index in [1.165, 1.54) is 6.92 Å². The molecule has 2 aromatic rings. The van der Waals surface area contributed by atoms with Crippen molar-refractivity contribution < 1.29 is 17.9 Å². The summed E-state index contributed by atoms with van der Waals surface area (Å²) in [7, 11) is -3.66. The Hall–Kier alpha value is -2.18. The Kier molecular flexibility index (Phi) is 5.52. The van der Waals surface area contributed by atoms with E-state index in [4.69, 9.17) is 4.74 Å². The number of rotatable bonds is 6. The van der Waals surface area contributed by atoms with E-state index in [1.54, 1.807) is 48.5 Å². The molecule has 122 valence electrons. The molecule has 1 N–H and O–H groups in total. The van der Waals surface area contributed by atoms with Crippen molar-refractivity contribution in [2.24, 2.45) is 0 Å². The fourth-order valence-corrected chi connectivity index (χ4v) is 3.11. The molecule has 6 heteroatoms. The fraction of sp³-hybridized carbons (Fsp3) is 0.235. The van der Waals surface area contributed by atoms with E-state index >= 15 is 0 Å². The predicted octanol–water partition coefficient (Wildman–Crippen LogP) is 2.58. The van der Waals surface area contributed by atoms with E-state index in [-0.39, 0.29) is 11.4 Å². The number of hydrogen-bond acceptors (Lipinski definition) is 4. The Morgan fingerprint density at radius 1 is 1.09 bits per heavy atom. The van der Waals surface area contributed by atoms with Crippen LogP contribution in [0.3, 0.4) is 0 Å². The maximum absolute atomic E-state index is 12.3. The lowest BCUT2D eigenvalue weighted by molar-refractivity contribution is -0.146. The van der Waals surface area contributed by atoms with Gasteiger partial charge in [-0.25, -0.2) is 13.1 Å². The first kappa shape index (κ1) is 17.2. The number of ether oxygens (including phenoxy) is 1. The first-order valence-electron chi connectivity index (χ1n) is 7.17. The van der Waals surface area contributed by atoms with Crippen molar-refractivity contribution in [1.29, 1.82) is 0 Å². The lowest BCUT2D eigenvalue weighted by atomic mass is 10.1. The van der Waals surface area contributed by atoms with E-state index < -0.39 is 22.1 Å². The summed E-state index contributed by atoms with van der Waals surface area (Å²) in [5.41, 5.74) is 1.71. The van der Waals surface area contributed by atoms with Crippen molar-refractivity contribution in [3.05, 3.63) is 65.7 Å². The van der Waals surface area contributed by atoms with E-state index in [2.05, 4.69) is 4.72 Å². The minimum Gasteiger partial charge on any atom is -0.456 e. The van der Waals surface area contributed by atoms with Crippen molar-refractivity contribution in [3.8, 4) is 0 Å². The summed E-state index contributed by atoms with van der Waals surface area (Å²) in [4.78, 5) is 11.4.